The molecule has 4 rings (SSSR count). The van der Waals surface area contributed by atoms with Gasteiger partial charge in [0.2, 0.25) is 11.8 Å². The van der Waals surface area contributed by atoms with Gasteiger partial charge in [-0.25, -0.2) is 4.39 Å². The van der Waals surface area contributed by atoms with Crippen molar-refractivity contribution in [3.63, 3.8) is 0 Å². The van der Waals surface area contributed by atoms with E-state index < -0.39 is 0 Å². The first-order valence-corrected chi connectivity index (χ1v) is 10.8. The molecule has 2 aromatic rings. The summed E-state index contributed by atoms with van der Waals surface area (Å²) in [4.78, 5) is 31.8. The SMILES string of the molecule is COc1cc(N2CCN(C(=O)C3CCCN3C(=O)Cc3ccccc3)CC2)ccc1F. The van der Waals surface area contributed by atoms with Crippen molar-refractivity contribution in [1.82, 2.24) is 9.80 Å². The minimum atomic E-state index is -0.387. The van der Waals surface area contributed by atoms with E-state index in [1.165, 1.54) is 13.2 Å². The van der Waals surface area contributed by atoms with Gasteiger partial charge in [-0.3, -0.25) is 9.59 Å². The predicted molar refractivity (Wildman–Crippen MR) is 117 cm³/mol. The van der Waals surface area contributed by atoms with Crippen molar-refractivity contribution in [3.8, 4) is 5.75 Å². The lowest BCUT2D eigenvalue weighted by Crippen LogP contribution is -2.54. The van der Waals surface area contributed by atoms with Gasteiger partial charge in [-0.05, 0) is 30.5 Å². The molecule has 0 bridgehead atoms. The first-order chi connectivity index (χ1) is 15.1. The van der Waals surface area contributed by atoms with E-state index in [1.807, 2.05) is 35.2 Å². The number of carbonyl (C=O) groups excluding carboxylic acids is 2. The fourth-order valence-electron chi connectivity index (χ4n) is 4.43. The highest BCUT2D eigenvalue weighted by Crippen LogP contribution is 2.26. The number of rotatable bonds is 5. The molecule has 1 unspecified atom stereocenters. The van der Waals surface area contributed by atoms with Crippen molar-refractivity contribution in [1.29, 1.82) is 0 Å². The van der Waals surface area contributed by atoms with Crippen molar-refractivity contribution in [2.24, 2.45) is 0 Å². The number of carbonyl (C=O) groups is 2. The van der Waals surface area contributed by atoms with Gasteiger partial charge >= 0.3 is 0 Å². The van der Waals surface area contributed by atoms with Gasteiger partial charge in [-0.2, -0.15) is 0 Å². The van der Waals surface area contributed by atoms with Crippen LogP contribution in [0, 0.1) is 5.82 Å². The van der Waals surface area contributed by atoms with Gasteiger partial charge in [0, 0.05) is 44.5 Å². The number of hydrogen-bond donors (Lipinski definition) is 0. The lowest BCUT2D eigenvalue weighted by atomic mass is 10.1. The van der Waals surface area contributed by atoms with E-state index in [2.05, 4.69) is 4.90 Å². The summed E-state index contributed by atoms with van der Waals surface area (Å²) in [5.74, 6) is -0.120. The number of amides is 2. The highest BCUT2D eigenvalue weighted by molar-refractivity contribution is 5.89. The molecule has 2 heterocycles. The molecule has 164 valence electrons. The molecule has 2 aliphatic rings. The van der Waals surface area contributed by atoms with Gasteiger partial charge in [-0.15, -0.1) is 0 Å². The Morgan fingerprint density at radius 3 is 2.48 bits per heavy atom. The zero-order valence-corrected chi connectivity index (χ0v) is 17.8. The summed E-state index contributed by atoms with van der Waals surface area (Å²) in [6.45, 7) is 3.11. The van der Waals surface area contributed by atoms with Crippen molar-refractivity contribution < 1.29 is 18.7 Å². The summed E-state index contributed by atoms with van der Waals surface area (Å²) in [6.07, 6.45) is 1.89. The van der Waals surface area contributed by atoms with E-state index in [9.17, 15) is 14.0 Å². The molecular weight excluding hydrogens is 397 g/mol. The Hall–Kier alpha value is -3.09. The van der Waals surface area contributed by atoms with Gasteiger partial charge in [0.15, 0.2) is 11.6 Å². The molecule has 1 atom stereocenters. The Kier molecular flexibility index (Phi) is 6.39. The van der Waals surface area contributed by atoms with Gasteiger partial charge in [0.1, 0.15) is 6.04 Å². The third kappa shape index (κ3) is 4.65. The smallest absolute Gasteiger partial charge is 0.245 e. The molecule has 2 amide bonds. The number of methoxy groups -OCH3 is 1. The van der Waals surface area contributed by atoms with Crippen LogP contribution in [0.25, 0.3) is 0 Å². The Bertz CT molecular complexity index is 929. The highest BCUT2D eigenvalue weighted by atomic mass is 19.1. The van der Waals surface area contributed by atoms with Crippen LogP contribution in [0.1, 0.15) is 18.4 Å². The van der Waals surface area contributed by atoms with Crippen LogP contribution in [0.4, 0.5) is 10.1 Å². The molecule has 2 saturated heterocycles. The molecule has 2 fully saturated rings. The molecule has 0 radical (unpaired) electrons. The van der Waals surface area contributed by atoms with Crippen LogP contribution >= 0.6 is 0 Å². The lowest BCUT2D eigenvalue weighted by molar-refractivity contribution is -0.143. The number of hydrogen-bond acceptors (Lipinski definition) is 4. The molecule has 31 heavy (non-hydrogen) atoms. The maximum Gasteiger partial charge on any atom is 0.245 e. The van der Waals surface area contributed by atoms with E-state index in [-0.39, 0.29) is 29.4 Å². The quantitative estimate of drug-likeness (QED) is 0.739. The molecule has 0 aromatic heterocycles. The second-order valence-electron chi connectivity index (χ2n) is 8.04. The summed E-state index contributed by atoms with van der Waals surface area (Å²) < 4.78 is 18.8. The normalized spacial score (nSPS) is 18.9. The third-order valence-electron chi connectivity index (χ3n) is 6.15. The minimum Gasteiger partial charge on any atom is -0.494 e. The molecule has 2 aromatic carbocycles. The number of ether oxygens (including phenoxy) is 1. The van der Waals surface area contributed by atoms with E-state index in [0.29, 0.717) is 39.1 Å². The number of benzene rings is 2. The standard InChI is InChI=1S/C24H28FN3O3/c1-31-22-17-19(9-10-20(22)25)26-12-14-27(15-13-26)24(30)21-8-5-11-28(21)23(29)16-18-6-3-2-4-7-18/h2-4,6-7,9-10,17,21H,5,8,11-16H2,1H3. The second-order valence-corrected chi connectivity index (χ2v) is 8.04. The Morgan fingerprint density at radius 1 is 1.03 bits per heavy atom. The van der Waals surface area contributed by atoms with E-state index in [0.717, 1.165) is 24.1 Å². The van der Waals surface area contributed by atoms with Crippen LogP contribution in [0.2, 0.25) is 0 Å². The molecule has 7 heteroatoms. The maximum absolute atomic E-state index is 13.7. The number of halogens is 1. The summed E-state index contributed by atoms with van der Waals surface area (Å²) in [5, 5.41) is 0. The number of piperazine rings is 1. The van der Waals surface area contributed by atoms with Gasteiger partial charge < -0.3 is 19.4 Å². The van der Waals surface area contributed by atoms with Crippen LogP contribution < -0.4 is 9.64 Å². The summed E-state index contributed by atoms with van der Waals surface area (Å²) in [7, 11) is 1.45. The topological polar surface area (TPSA) is 53.1 Å². The number of anilines is 1. The number of likely N-dealkylation sites (tertiary alicyclic amines) is 1. The molecule has 0 saturated carbocycles. The Balaban J connectivity index is 1.36. The molecule has 0 aliphatic carbocycles. The predicted octanol–water partition coefficient (Wildman–Crippen LogP) is 2.72. The van der Waals surface area contributed by atoms with Crippen molar-refractivity contribution in [2.75, 3.05) is 44.7 Å². The lowest BCUT2D eigenvalue weighted by Gasteiger charge is -2.38. The summed E-state index contributed by atoms with van der Waals surface area (Å²) in [5.41, 5.74) is 1.85. The summed E-state index contributed by atoms with van der Waals surface area (Å²) >= 11 is 0. The van der Waals surface area contributed by atoms with E-state index in [4.69, 9.17) is 4.74 Å². The van der Waals surface area contributed by atoms with E-state index >= 15 is 0 Å². The van der Waals surface area contributed by atoms with Gasteiger partial charge in [0.25, 0.3) is 0 Å². The molecule has 0 spiro atoms. The fourth-order valence-corrected chi connectivity index (χ4v) is 4.43. The molecule has 0 N–H and O–H groups in total. The fraction of sp³-hybridized carbons (Fsp3) is 0.417. The second kappa shape index (κ2) is 9.37. The third-order valence-corrected chi connectivity index (χ3v) is 6.15. The Morgan fingerprint density at radius 2 is 1.77 bits per heavy atom. The Labute approximate surface area is 182 Å². The van der Waals surface area contributed by atoms with Gasteiger partial charge in [-0.1, -0.05) is 30.3 Å². The van der Waals surface area contributed by atoms with E-state index in [1.54, 1.807) is 17.0 Å². The van der Waals surface area contributed by atoms with Crippen LogP contribution in [0.15, 0.2) is 48.5 Å². The van der Waals surface area contributed by atoms with Crippen molar-refractivity contribution >= 4 is 17.5 Å². The van der Waals surface area contributed by atoms with Crippen LogP contribution in [0.5, 0.6) is 5.75 Å². The van der Waals surface area contributed by atoms with Crippen LogP contribution in [-0.4, -0.2) is 67.5 Å². The first kappa shape index (κ1) is 21.2. The number of nitrogens with zero attached hydrogens (tertiary/aromatic N) is 3. The molecule has 6 nitrogen and oxygen atoms in total. The monoisotopic (exact) mass is 425 g/mol. The van der Waals surface area contributed by atoms with Crippen LogP contribution in [-0.2, 0) is 16.0 Å². The minimum absolute atomic E-state index is 0.0130. The van der Waals surface area contributed by atoms with Crippen molar-refractivity contribution in [3.05, 3.63) is 59.9 Å². The molecule has 2 aliphatic heterocycles. The van der Waals surface area contributed by atoms with Crippen molar-refractivity contribution in [2.45, 2.75) is 25.3 Å². The zero-order chi connectivity index (χ0) is 21.8. The first-order valence-electron chi connectivity index (χ1n) is 10.8. The average Bonchev–Trinajstić information content (AvgIpc) is 3.30. The average molecular weight is 426 g/mol. The largest absolute Gasteiger partial charge is 0.494 e. The maximum atomic E-state index is 13.7. The highest BCUT2D eigenvalue weighted by Gasteiger charge is 2.37. The van der Waals surface area contributed by atoms with Gasteiger partial charge in [0.05, 0.1) is 13.5 Å². The summed E-state index contributed by atoms with van der Waals surface area (Å²) in [6, 6.07) is 14.1. The zero-order valence-electron chi connectivity index (χ0n) is 17.8. The molecular formula is C24H28FN3O3. The van der Waals surface area contributed by atoms with Crippen LogP contribution in [0.3, 0.4) is 0 Å².